The van der Waals surface area contributed by atoms with Gasteiger partial charge in [0.1, 0.15) is 0 Å². The summed E-state index contributed by atoms with van der Waals surface area (Å²) in [6.45, 7) is 8.05. The molecule has 0 spiro atoms. The maximum atomic E-state index is 13.5. The van der Waals surface area contributed by atoms with Crippen molar-refractivity contribution in [3.05, 3.63) is 35.9 Å². The Bertz CT molecular complexity index is 703. The number of quaternary nitrogens is 1. The topological polar surface area (TPSA) is 60.4 Å². The first-order chi connectivity index (χ1) is 12.2. The number of Topliss-reactive ketones (excluding diaryl/α,β-unsaturated/α-hetero) is 1. The molecule has 1 aromatic rings. The van der Waals surface area contributed by atoms with E-state index < -0.39 is 28.6 Å². The van der Waals surface area contributed by atoms with Crippen LogP contribution in [0.5, 0.6) is 0 Å². The highest BCUT2D eigenvalue weighted by Gasteiger charge is 2.67. The molecule has 1 saturated heterocycles. The van der Waals surface area contributed by atoms with E-state index in [0.717, 1.165) is 0 Å². The molecule has 1 aromatic carbocycles. The Morgan fingerprint density at radius 1 is 1.19 bits per heavy atom. The zero-order chi connectivity index (χ0) is 19.6. The van der Waals surface area contributed by atoms with Gasteiger partial charge in [-0.2, -0.15) is 0 Å². The van der Waals surface area contributed by atoms with Crippen molar-refractivity contribution in [2.24, 2.45) is 5.41 Å². The molecule has 0 aliphatic carbocycles. The molecule has 1 aliphatic heterocycles. The Hall–Kier alpha value is -1.66. The van der Waals surface area contributed by atoms with Crippen molar-refractivity contribution in [3.63, 3.8) is 0 Å². The van der Waals surface area contributed by atoms with Crippen LogP contribution >= 0.6 is 12.9 Å². The van der Waals surface area contributed by atoms with E-state index in [1.165, 1.54) is 0 Å². The summed E-state index contributed by atoms with van der Waals surface area (Å²) in [5.41, 5.74) is -1.32. The highest BCUT2D eigenvalue weighted by Crippen LogP contribution is 2.47. The lowest BCUT2D eigenvalue weighted by Crippen LogP contribution is -2.68. The van der Waals surface area contributed by atoms with Crippen molar-refractivity contribution >= 4 is 30.6 Å². The van der Waals surface area contributed by atoms with Crippen LogP contribution in [-0.4, -0.2) is 35.2 Å². The van der Waals surface area contributed by atoms with E-state index in [4.69, 9.17) is 4.18 Å². The van der Waals surface area contributed by atoms with Gasteiger partial charge in [0.15, 0.2) is 0 Å². The highest BCUT2D eigenvalue weighted by atomic mass is 32.1. The molecular formula is C20H28NO4S+. The summed E-state index contributed by atoms with van der Waals surface area (Å²) in [5, 5.41) is 0. The van der Waals surface area contributed by atoms with Gasteiger partial charge in [-0.05, 0) is 13.3 Å². The molecule has 1 fully saturated rings. The normalized spacial score (nSPS) is 25.7. The number of rotatable bonds is 6. The number of amides is 1. The molecule has 0 N–H and O–H groups in total. The van der Waals surface area contributed by atoms with Gasteiger partial charge in [0.05, 0.1) is 13.1 Å². The maximum Gasteiger partial charge on any atom is 0.385 e. The Morgan fingerprint density at radius 2 is 1.81 bits per heavy atom. The van der Waals surface area contributed by atoms with Gasteiger partial charge in [-0.15, -0.1) is 0 Å². The molecule has 6 heteroatoms. The first-order valence-electron chi connectivity index (χ1n) is 9.11. The number of hydrogen-bond donors (Lipinski definition) is 1. The van der Waals surface area contributed by atoms with Gasteiger partial charge in [-0.25, -0.2) is 14.1 Å². The smallest absolute Gasteiger partial charge is 0.385 e. The number of hydrogen-bond acceptors (Lipinski definition) is 5. The monoisotopic (exact) mass is 378 g/mol. The van der Waals surface area contributed by atoms with E-state index >= 15 is 0 Å². The summed E-state index contributed by atoms with van der Waals surface area (Å²) >= 11 is 3.75. The van der Waals surface area contributed by atoms with Crippen molar-refractivity contribution < 1.29 is 23.0 Å². The van der Waals surface area contributed by atoms with E-state index in [2.05, 4.69) is 12.9 Å². The number of carbonyl (C=O) groups excluding carboxylic acids is 3. The molecule has 142 valence electrons. The minimum atomic E-state index is -1.24. The fourth-order valence-corrected chi connectivity index (χ4v) is 4.23. The van der Waals surface area contributed by atoms with Crippen molar-refractivity contribution in [1.82, 2.24) is 0 Å². The van der Waals surface area contributed by atoms with Crippen molar-refractivity contribution in [1.29, 1.82) is 0 Å². The minimum absolute atomic E-state index is 0.237. The van der Waals surface area contributed by atoms with Crippen molar-refractivity contribution in [2.75, 3.05) is 13.1 Å². The number of carbonyl (C=O) groups is 3. The van der Waals surface area contributed by atoms with Crippen LogP contribution in [0.25, 0.3) is 0 Å². The molecule has 0 saturated carbocycles. The number of likely N-dealkylation sites (N-methyl/N-ethyl adjacent to an activating group) is 1. The van der Waals surface area contributed by atoms with Gasteiger partial charge >= 0.3 is 11.9 Å². The second kappa shape index (κ2) is 7.53. The molecule has 2 rings (SSSR count). The molecular weight excluding hydrogens is 350 g/mol. The zero-order valence-electron chi connectivity index (χ0n) is 15.9. The van der Waals surface area contributed by atoms with E-state index in [0.29, 0.717) is 37.9 Å². The lowest BCUT2D eigenvalue weighted by Gasteiger charge is -2.44. The summed E-state index contributed by atoms with van der Waals surface area (Å²) in [5.74, 6) is -1.53. The number of likely N-dealkylation sites (tertiary alicyclic amines) is 1. The second-order valence-corrected chi connectivity index (χ2v) is 7.77. The number of nitrogens with zero attached hydrogens (tertiary/aromatic N) is 1. The fraction of sp³-hybridized carbons (Fsp3) is 0.550. The molecule has 2 unspecified atom stereocenters. The van der Waals surface area contributed by atoms with Crippen LogP contribution in [0, 0.1) is 5.41 Å². The molecule has 2 atom stereocenters. The molecule has 1 aliphatic rings. The summed E-state index contributed by atoms with van der Waals surface area (Å²) in [6.07, 6.45) is 1.64. The second-order valence-electron chi connectivity index (χ2n) is 7.59. The van der Waals surface area contributed by atoms with Crippen molar-refractivity contribution in [3.8, 4) is 0 Å². The minimum Gasteiger partial charge on any atom is -0.390 e. The van der Waals surface area contributed by atoms with E-state index in [1.54, 1.807) is 13.8 Å². The molecule has 0 bridgehead atoms. The van der Waals surface area contributed by atoms with E-state index in [9.17, 15) is 14.4 Å². The number of benzene rings is 1. The Balaban J connectivity index is 2.70. The Kier molecular flexibility index (Phi) is 5.98. The summed E-state index contributed by atoms with van der Waals surface area (Å²) in [4.78, 5) is 39.5. The molecule has 0 aromatic heterocycles. The van der Waals surface area contributed by atoms with Gasteiger partial charge in [0, 0.05) is 36.7 Å². The predicted octanol–water partition coefficient (Wildman–Crippen LogP) is 3.43. The average Bonchev–Trinajstić information content (AvgIpc) is 3.08. The molecule has 1 amide bonds. The van der Waals surface area contributed by atoms with Crippen LogP contribution in [0.4, 0.5) is 0 Å². The third-order valence-corrected chi connectivity index (χ3v) is 6.27. The van der Waals surface area contributed by atoms with Gasteiger partial charge in [0.25, 0.3) is 5.78 Å². The lowest BCUT2D eigenvalue weighted by atomic mass is 9.81. The standard InChI is InChI=1S/C20H27NO4S/c1-5-19(3,4)16(22)17(23)21(6-2)14-10-13-20(21,18(24)25-26)15-11-8-7-9-12-15/h7-9,11-12H,5-6,10,13-14H2,1-4H3/p+1. The van der Waals surface area contributed by atoms with Gasteiger partial charge in [-0.3, -0.25) is 4.79 Å². The molecule has 5 nitrogen and oxygen atoms in total. The van der Waals surface area contributed by atoms with Crippen LogP contribution in [0.15, 0.2) is 30.3 Å². The number of thiol groups is 1. The fourth-order valence-electron chi connectivity index (χ4n) is 4.08. The zero-order valence-corrected chi connectivity index (χ0v) is 16.8. The van der Waals surface area contributed by atoms with Crippen LogP contribution in [0.3, 0.4) is 0 Å². The molecule has 0 radical (unpaired) electrons. The van der Waals surface area contributed by atoms with Gasteiger partial charge in [-0.1, -0.05) is 51.1 Å². The first-order valence-corrected chi connectivity index (χ1v) is 9.48. The first kappa shape index (κ1) is 20.6. The summed E-state index contributed by atoms with van der Waals surface area (Å²) in [6, 6.07) is 9.15. The molecule has 26 heavy (non-hydrogen) atoms. The highest BCUT2D eigenvalue weighted by molar-refractivity contribution is 7.75. The summed E-state index contributed by atoms with van der Waals surface area (Å²) in [7, 11) is 0. The van der Waals surface area contributed by atoms with Crippen LogP contribution < -0.4 is 0 Å². The summed E-state index contributed by atoms with van der Waals surface area (Å²) < 4.78 is 4.63. The van der Waals surface area contributed by atoms with Crippen LogP contribution in [0.2, 0.25) is 0 Å². The predicted molar refractivity (Wildman–Crippen MR) is 102 cm³/mol. The lowest BCUT2D eigenvalue weighted by molar-refractivity contribution is -0.886. The molecule has 1 heterocycles. The van der Waals surface area contributed by atoms with E-state index in [1.807, 2.05) is 44.2 Å². The Morgan fingerprint density at radius 3 is 2.31 bits per heavy atom. The number of ketones is 1. The van der Waals surface area contributed by atoms with Crippen LogP contribution in [-0.2, 0) is 24.1 Å². The average molecular weight is 379 g/mol. The van der Waals surface area contributed by atoms with Crippen LogP contribution in [0.1, 0.15) is 52.5 Å². The quantitative estimate of drug-likeness (QED) is 0.357. The third-order valence-electron chi connectivity index (χ3n) is 6.10. The van der Waals surface area contributed by atoms with Gasteiger partial charge < -0.3 is 4.18 Å². The van der Waals surface area contributed by atoms with Gasteiger partial charge in [0.2, 0.25) is 5.54 Å². The maximum absolute atomic E-state index is 13.5. The Labute approximate surface area is 160 Å². The SMILES string of the molecule is CCC(C)(C)C(=O)C(=O)[N+]1(CC)CCCC1(C(=O)OS)c1ccccc1. The largest absolute Gasteiger partial charge is 0.390 e. The van der Waals surface area contributed by atoms with Crippen molar-refractivity contribution in [2.45, 2.75) is 52.5 Å². The third kappa shape index (κ3) is 2.89. The van der Waals surface area contributed by atoms with E-state index in [-0.39, 0.29) is 4.48 Å².